The lowest BCUT2D eigenvalue weighted by Gasteiger charge is -2.21. The zero-order chi connectivity index (χ0) is 23.7. The molecule has 0 bridgehead atoms. The number of hydrogen-bond donors (Lipinski definition) is 0. The Morgan fingerprint density at radius 3 is 2.61 bits per heavy atom. The summed E-state index contributed by atoms with van der Waals surface area (Å²) >= 11 is 6.60. The minimum absolute atomic E-state index is 0.0359. The number of rotatable bonds is 6. The van der Waals surface area contributed by atoms with Crippen LogP contribution >= 0.6 is 24.0 Å². The van der Waals surface area contributed by atoms with Crippen LogP contribution in [0.2, 0.25) is 0 Å². The highest BCUT2D eigenvalue weighted by molar-refractivity contribution is 8.26. The third kappa shape index (κ3) is 4.26. The van der Waals surface area contributed by atoms with Crippen LogP contribution in [-0.4, -0.2) is 37.7 Å². The molecule has 0 N–H and O–H groups in total. The Morgan fingerprint density at radius 1 is 1.18 bits per heavy atom. The molecule has 0 saturated carbocycles. The number of thiocarbonyl (C=S) groups is 1. The van der Waals surface area contributed by atoms with E-state index in [1.165, 1.54) is 29.3 Å². The zero-order valence-corrected chi connectivity index (χ0v) is 20.3. The molecule has 1 saturated heterocycles. The van der Waals surface area contributed by atoms with Gasteiger partial charge in [-0.3, -0.25) is 18.9 Å². The van der Waals surface area contributed by atoms with Gasteiger partial charge in [0, 0.05) is 12.2 Å². The van der Waals surface area contributed by atoms with E-state index in [4.69, 9.17) is 21.7 Å². The predicted molar refractivity (Wildman–Crippen MR) is 134 cm³/mol. The zero-order valence-electron chi connectivity index (χ0n) is 18.7. The predicted octanol–water partition coefficient (Wildman–Crippen LogP) is 4.80. The fourth-order valence-corrected chi connectivity index (χ4v) is 4.92. The normalized spacial score (nSPS) is 16.0. The second-order valence-electron chi connectivity index (χ2n) is 7.58. The van der Waals surface area contributed by atoms with E-state index in [1.54, 1.807) is 35.4 Å². The van der Waals surface area contributed by atoms with Crippen LogP contribution in [0.25, 0.3) is 11.7 Å². The molecule has 33 heavy (non-hydrogen) atoms. The Bertz CT molecular complexity index is 1350. The van der Waals surface area contributed by atoms with Gasteiger partial charge in [0.05, 0.1) is 12.0 Å². The molecule has 1 aliphatic rings. The van der Waals surface area contributed by atoms with Gasteiger partial charge in [0.1, 0.15) is 15.5 Å². The summed E-state index contributed by atoms with van der Waals surface area (Å²) in [6.45, 7) is 5.80. The Hall–Kier alpha value is -3.17. The van der Waals surface area contributed by atoms with Gasteiger partial charge >= 0.3 is 0 Å². The fraction of sp³-hybridized carbons (Fsp3) is 0.250. The molecule has 9 heteroatoms. The average molecular weight is 482 g/mol. The van der Waals surface area contributed by atoms with Crippen molar-refractivity contribution in [3.05, 3.63) is 69.0 Å². The Morgan fingerprint density at radius 2 is 1.91 bits per heavy atom. The van der Waals surface area contributed by atoms with Crippen LogP contribution in [0.4, 0.5) is 0 Å². The molecule has 170 valence electrons. The first-order chi connectivity index (χ1) is 15.8. The lowest BCUT2D eigenvalue weighted by molar-refractivity contribution is -0.123. The van der Waals surface area contributed by atoms with E-state index in [9.17, 15) is 9.59 Å². The molecule has 0 aliphatic carbocycles. The highest BCUT2D eigenvalue weighted by Gasteiger charge is 2.35. The third-order valence-electron chi connectivity index (χ3n) is 5.46. The molecule has 4 rings (SSSR count). The molecule has 0 unspecified atom stereocenters. The van der Waals surface area contributed by atoms with Gasteiger partial charge in [0.15, 0.2) is 11.5 Å². The molecule has 1 amide bonds. The standard InChI is InChI=1S/C24H23N3O4S2/c1-5-15(3)27-23(29)19(33-24(27)32)13-16-21(31-18-11-7-6-10-17(18)30-4)25-20-14(2)9-8-12-26(20)22(16)28/h6-13,15H,5H2,1-4H3/b19-13-/t15-/m0/s1. The number of aryl methyl sites for hydroxylation is 1. The van der Waals surface area contributed by atoms with Crippen molar-refractivity contribution in [2.45, 2.75) is 33.2 Å². The number of ether oxygens (including phenoxy) is 2. The lowest BCUT2D eigenvalue weighted by Crippen LogP contribution is -2.36. The molecule has 1 fully saturated rings. The second-order valence-corrected chi connectivity index (χ2v) is 9.26. The number of nitrogens with zero attached hydrogens (tertiary/aromatic N) is 3. The summed E-state index contributed by atoms with van der Waals surface area (Å²) in [5, 5.41) is 0. The Balaban J connectivity index is 1.90. The van der Waals surface area contributed by atoms with Crippen molar-refractivity contribution in [1.82, 2.24) is 14.3 Å². The largest absolute Gasteiger partial charge is 0.493 e. The molecule has 7 nitrogen and oxygen atoms in total. The third-order valence-corrected chi connectivity index (χ3v) is 6.79. The topological polar surface area (TPSA) is 73.1 Å². The van der Waals surface area contributed by atoms with Crippen LogP contribution < -0.4 is 15.0 Å². The van der Waals surface area contributed by atoms with Gasteiger partial charge < -0.3 is 9.47 Å². The first-order valence-corrected chi connectivity index (χ1v) is 11.7. The van der Waals surface area contributed by atoms with Crippen LogP contribution in [0.1, 0.15) is 31.4 Å². The summed E-state index contributed by atoms with van der Waals surface area (Å²) in [6.07, 6.45) is 3.93. The summed E-state index contributed by atoms with van der Waals surface area (Å²) in [6, 6.07) is 10.7. The van der Waals surface area contributed by atoms with Crippen molar-refractivity contribution < 1.29 is 14.3 Å². The van der Waals surface area contributed by atoms with Gasteiger partial charge in [-0.05, 0) is 50.1 Å². The number of carbonyl (C=O) groups is 1. The molecule has 0 radical (unpaired) electrons. The molecular weight excluding hydrogens is 458 g/mol. The van der Waals surface area contributed by atoms with Crippen molar-refractivity contribution in [3.63, 3.8) is 0 Å². The monoisotopic (exact) mass is 481 g/mol. The van der Waals surface area contributed by atoms with Gasteiger partial charge in [-0.15, -0.1) is 0 Å². The van der Waals surface area contributed by atoms with Crippen LogP contribution in [0, 0.1) is 6.92 Å². The van der Waals surface area contributed by atoms with Crippen molar-refractivity contribution in [1.29, 1.82) is 0 Å². The highest BCUT2D eigenvalue weighted by Crippen LogP contribution is 2.37. The molecule has 2 aromatic heterocycles. The van der Waals surface area contributed by atoms with Crippen LogP contribution in [-0.2, 0) is 4.79 Å². The minimum Gasteiger partial charge on any atom is -0.493 e. The van der Waals surface area contributed by atoms with E-state index >= 15 is 0 Å². The van der Waals surface area contributed by atoms with Crippen LogP contribution in [0.5, 0.6) is 17.4 Å². The van der Waals surface area contributed by atoms with Gasteiger partial charge in [-0.2, -0.15) is 4.98 Å². The summed E-state index contributed by atoms with van der Waals surface area (Å²) in [7, 11) is 1.54. The summed E-state index contributed by atoms with van der Waals surface area (Å²) < 4.78 is 13.4. The number of amides is 1. The van der Waals surface area contributed by atoms with E-state index in [0.717, 1.165) is 12.0 Å². The number of thioether (sulfide) groups is 1. The van der Waals surface area contributed by atoms with Crippen molar-refractivity contribution in [3.8, 4) is 17.4 Å². The number of hydrogen-bond acceptors (Lipinski definition) is 7. The van der Waals surface area contributed by atoms with E-state index in [-0.39, 0.29) is 29.0 Å². The molecular formula is C24H23N3O4S2. The maximum atomic E-state index is 13.5. The van der Waals surface area contributed by atoms with Crippen molar-refractivity contribution >= 4 is 45.9 Å². The molecule has 3 aromatic rings. The molecule has 1 aromatic carbocycles. The first kappa shape index (κ1) is 23.0. The number of para-hydroxylation sites is 2. The second kappa shape index (κ2) is 9.36. The molecule has 0 spiro atoms. The van der Waals surface area contributed by atoms with Gasteiger partial charge in [-0.25, -0.2) is 0 Å². The number of benzene rings is 1. The van der Waals surface area contributed by atoms with E-state index < -0.39 is 0 Å². The smallest absolute Gasteiger partial charge is 0.269 e. The van der Waals surface area contributed by atoms with Crippen LogP contribution in [0.15, 0.2) is 52.3 Å². The van der Waals surface area contributed by atoms with Gasteiger partial charge in [0.2, 0.25) is 5.88 Å². The van der Waals surface area contributed by atoms with E-state index in [1.807, 2.05) is 32.9 Å². The number of aromatic nitrogens is 2. The van der Waals surface area contributed by atoms with E-state index in [0.29, 0.717) is 26.4 Å². The maximum Gasteiger partial charge on any atom is 0.269 e. The van der Waals surface area contributed by atoms with E-state index in [2.05, 4.69) is 4.98 Å². The Kier molecular flexibility index (Phi) is 6.53. The van der Waals surface area contributed by atoms with Crippen molar-refractivity contribution in [2.75, 3.05) is 7.11 Å². The highest BCUT2D eigenvalue weighted by atomic mass is 32.2. The van der Waals surface area contributed by atoms with Gasteiger partial charge in [0.25, 0.3) is 11.5 Å². The quantitative estimate of drug-likeness (QED) is 0.370. The summed E-state index contributed by atoms with van der Waals surface area (Å²) in [5.74, 6) is 0.772. The maximum absolute atomic E-state index is 13.5. The molecule has 3 heterocycles. The van der Waals surface area contributed by atoms with Crippen LogP contribution in [0.3, 0.4) is 0 Å². The average Bonchev–Trinajstić information content (AvgIpc) is 3.09. The minimum atomic E-state index is -0.345. The molecule has 1 atom stereocenters. The summed E-state index contributed by atoms with van der Waals surface area (Å²) in [4.78, 5) is 33.2. The SMILES string of the molecule is CC[C@H](C)N1C(=O)/C(=C/c2c(Oc3ccccc3OC)nc3c(C)cccn3c2=O)SC1=S. The number of carbonyl (C=O) groups excluding carboxylic acids is 1. The summed E-state index contributed by atoms with van der Waals surface area (Å²) in [5.41, 5.74) is 1.10. The Labute approximate surface area is 201 Å². The fourth-order valence-electron chi connectivity index (χ4n) is 3.47. The number of pyridine rings is 1. The molecule has 1 aliphatic heterocycles. The van der Waals surface area contributed by atoms with Crippen molar-refractivity contribution in [2.24, 2.45) is 0 Å². The van der Waals surface area contributed by atoms with Gasteiger partial charge in [-0.1, -0.05) is 49.1 Å². The number of fused-ring (bicyclic) bond motifs is 1. The first-order valence-electron chi connectivity index (χ1n) is 10.5. The number of methoxy groups -OCH3 is 1. The lowest BCUT2D eigenvalue weighted by atomic mass is 10.2.